The summed E-state index contributed by atoms with van der Waals surface area (Å²) in [6.45, 7) is 4.96. The molecule has 0 spiro atoms. The van der Waals surface area contributed by atoms with E-state index in [1.54, 1.807) is 0 Å². The van der Waals surface area contributed by atoms with Gasteiger partial charge < -0.3 is 14.6 Å². The Morgan fingerprint density at radius 3 is 2.63 bits per heavy atom. The van der Waals surface area contributed by atoms with Crippen molar-refractivity contribution >= 4 is 12.0 Å². The summed E-state index contributed by atoms with van der Waals surface area (Å²) in [7, 11) is 1.17. The molecule has 1 rings (SSSR count). The highest BCUT2D eigenvalue weighted by Crippen LogP contribution is 2.31. The van der Waals surface area contributed by atoms with Crippen LogP contribution in [0.1, 0.15) is 24.2 Å². The minimum Gasteiger partial charge on any atom is -0.494 e. The van der Waals surface area contributed by atoms with Crippen LogP contribution in [-0.4, -0.2) is 24.8 Å². The zero-order valence-corrected chi connectivity index (χ0v) is 10.6. The van der Waals surface area contributed by atoms with E-state index in [-0.39, 0.29) is 17.9 Å². The summed E-state index contributed by atoms with van der Waals surface area (Å²) in [6, 6.07) is 1.14. The summed E-state index contributed by atoms with van der Waals surface area (Å²) in [5.41, 5.74) is -0.469. The minimum absolute atomic E-state index is 0.0135. The number of hydrogen-bond acceptors (Lipinski definition) is 4. The molecule has 19 heavy (non-hydrogen) atoms. The molecule has 0 aliphatic heterocycles. The number of carbonyl (C=O) groups excluding carboxylic acids is 1. The first-order valence-corrected chi connectivity index (χ1v) is 5.50. The second kappa shape index (κ2) is 6.29. The van der Waals surface area contributed by atoms with Crippen LogP contribution in [0.2, 0.25) is 0 Å². The van der Waals surface area contributed by atoms with Gasteiger partial charge in [-0.05, 0) is 18.6 Å². The van der Waals surface area contributed by atoms with E-state index in [0.717, 1.165) is 6.07 Å². The Morgan fingerprint density at radius 2 is 2.16 bits per heavy atom. The molecule has 1 N–H and O–H groups in total. The third-order valence-corrected chi connectivity index (χ3v) is 2.47. The van der Waals surface area contributed by atoms with Gasteiger partial charge in [0, 0.05) is 5.56 Å². The number of aliphatic hydroxyl groups is 1. The zero-order chi connectivity index (χ0) is 14.6. The van der Waals surface area contributed by atoms with Crippen LogP contribution in [0.25, 0.3) is 6.08 Å². The van der Waals surface area contributed by atoms with Gasteiger partial charge in [-0.3, -0.25) is 0 Å². The number of halogens is 2. The molecule has 6 heteroatoms. The van der Waals surface area contributed by atoms with E-state index in [1.807, 2.05) is 0 Å². The van der Waals surface area contributed by atoms with E-state index < -0.39 is 29.3 Å². The van der Waals surface area contributed by atoms with E-state index in [0.29, 0.717) is 0 Å². The third kappa shape index (κ3) is 2.90. The average molecular weight is 272 g/mol. The predicted octanol–water partition coefficient (Wildman–Crippen LogP) is 2.21. The summed E-state index contributed by atoms with van der Waals surface area (Å²) < 4.78 is 36.7. The molecule has 0 amide bonds. The molecule has 1 aromatic carbocycles. The zero-order valence-electron chi connectivity index (χ0n) is 10.6. The number of hydrogen-bond donors (Lipinski definition) is 1. The molecule has 1 aromatic rings. The number of benzene rings is 1. The first kappa shape index (κ1) is 15.1. The Bertz CT molecular complexity index is 500. The van der Waals surface area contributed by atoms with Gasteiger partial charge in [0.25, 0.3) is 0 Å². The van der Waals surface area contributed by atoms with E-state index in [2.05, 4.69) is 16.1 Å². The quantitative estimate of drug-likeness (QED) is 0.835. The Hall–Kier alpha value is -1.95. The molecule has 0 radical (unpaired) electrons. The van der Waals surface area contributed by atoms with Crippen LogP contribution in [0, 0.1) is 11.6 Å². The van der Waals surface area contributed by atoms with Crippen molar-refractivity contribution in [1.29, 1.82) is 0 Å². The lowest BCUT2D eigenvalue weighted by Gasteiger charge is -2.15. The van der Waals surface area contributed by atoms with Gasteiger partial charge in [0.1, 0.15) is 0 Å². The van der Waals surface area contributed by atoms with Gasteiger partial charge >= 0.3 is 5.97 Å². The molecule has 1 unspecified atom stereocenters. The fourth-order valence-corrected chi connectivity index (χ4v) is 1.57. The highest BCUT2D eigenvalue weighted by molar-refractivity contribution is 5.78. The van der Waals surface area contributed by atoms with Crippen LogP contribution in [-0.2, 0) is 9.53 Å². The van der Waals surface area contributed by atoms with Gasteiger partial charge in [-0.25, -0.2) is 9.18 Å². The highest BCUT2D eigenvalue weighted by atomic mass is 19.2. The molecule has 0 aliphatic carbocycles. The van der Waals surface area contributed by atoms with Gasteiger partial charge in [-0.1, -0.05) is 12.7 Å². The van der Waals surface area contributed by atoms with Gasteiger partial charge in [0.2, 0.25) is 5.82 Å². The van der Waals surface area contributed by atoms with Crippen LogP contribution in [0.15, 0.2) is 12.6 Å². The van der Waals surface area contributed by atoms with Crippen LogP contribution >= 0.6 is 0 Å². The number of rotatable bonds is 5. The summed E-state index contributed by atoms with van der Waals surface area (Å²) in [5, 5.41) is 9.73. The maximum atomic E-state index is 13.9. The molecule has 0 aromatic heterocycles. The largest absolute Gasteiger partial charge is 0.494 e. The van der Waals surface area contributed by atoms with Crippen molar-refractivity contribution in [2.45, 2.75) is 13.0 Å². The van der Waals surface area contributed by atoms with Crippen molar-refractivity contribution in [2.24, 2.45) is 0 Å². The van der Waals surface area contributed by atoms with Gasteiger partial charge in [0.15, 0.2) is 17.7 Å². The van der Waals surface area contributed by atoms with Gasteiger partial charge in [-0.15, -0.1) is 0 Å². The van der Waals surface area contributed by atoms with Gasteiger partial charge in [-0.2, -0.15) is 4.39 Å². The topological polar surface area (TPSA) is 55.8 Å². The van der Waals surface area contributed by atoms with Crippen molar-refractivity contribution in [3.8, 4) is 5.75 Å². The fourth-order valence-electron chi connectivity index (χ4n) is 1.57. The number of aliphatic hydroxyl groups excluding tert-OH is 1. The molecule has 0 saturated carbocycles. The first-order chi connectivity index (χ1) is 8.97. The molecule has 0 fully saturated rings. The molecule has 104 valence electrons. The predicted molar refractivity (Wildman–Crippen MR) is 64.6 cm³/mol. The molecule has 0 heterocycles. The van der Waals surface area contributed by atoms with E-state index in [4.69, 9.17) is 0 Å². The van der Waals surface area contributed by atoms with E-state index in [9.17, 15) is 18.7 Å². The monoisotopic (exact) mass is 272 g/mol. The number of esters is 1. The average Bonchev–Trinajstić information content (AvgIpc) is 2.41. The second-order valence-corrected chi connectivity index (χ2v) is 3.57. The lowest BCUT2D eigenvalue weighted by molar-refractivity contribution is -0.153. The minimum atomic E-state index is -1.92. The standard InChI is InChI=1S/C13H14F2O4/c1-4-7-6-8(18-3)10(14)11(15)9(7)12(16)13(17)19-5-2/h4,6,12,16H,1,5H2,2-3H3. The van der Waals surface area contributed by atoms with Crippen molar-refractivity contribution in [3.05, 3.63) is 35.4 Å². The van der Waals surface area contributed by atoms with Crippen LogP contribution in [0.5, 0.6) is 5.75 Å². The molecule has 0 bridgehead atoms. The normalized spacial score (nSPS) is 11.8. The summed E-state index contributed by atoms with van der Waals surface area (Å²) in [4.78, 5) is 11.4. The van der Waals surface area contributed by atoms with Crippen molar-refractivity contribution < 1.29 is 28.2 Å². The first-order valence-electron chi connectivity index (χ1n) is 5.50. The summed E-state index contributed by atoms with van der Waals surface area (Å²) in [5.74, 6) is -4.05. The Balaban J connectivity index is 3.37. The molecule has 4 nitrogen and oxygen atoms in total. The molecule has 0 saturated heterocycles. The smallest absolute Gasteiger partial charge is 0.339 e. The maximum absolute atomic E-state index is 13.9. The van der Waals surface area contributed by atoms with Crippen LogP contribution < -0.4 is 4.74 Å². The Morgan fingerprint density at radius 1 is 1.53 bits per heavy atom. The molecular formula is C13H14F2O4. The molecular weight excluding hydrogens is 258 g/mol. The third-order valence-electron chi connectivity index (χ3n) is 2.47. The Labute approximate surface area is 109 Å². The molecule has 0 aliphatic rings. The van der Waals surface area contributed by atoms with Crippen molar-refractivity contribution in [1.82, 2.24) is 0 Å². The fraction of sp³-hybridized carbons (Fsp3) is 0.308. The highest BCUT2D eigenvalue weighted by Gasteiger charge is 2.28. The van der Waals surface area contributed by atoms with E-state index in [1.165, 1.54) is 20.1 Å². The van der Waals surface area contributed by atoms with Crippen molar-refractivity contribution in [2.75, 3.05) is 13.7 Å². The summed E-state index contributed by atoms with van der Waals surface area (Å²) in [6.07, 6.45) is -0.739. The Kier molecular flexibility index (Phi) is 5.00. The van der Waals surface area contributed by atoms with Crippen molar-refractivity contribution in [3.63, 3.8) is 0 Å². The summed E-state index contributed by atoms with van der Waals surface area (Å²) >= 11 is 0. The number of ether oxygens (including phenoxy) is 2. The van der Waals surface area contributed by atoms with Crippen LogP contribution in [0.3, 0.4) is 0 Å². The van der Waals surface area contributed by atoms with Gasteiger partial charge in [0.05, 0.1) is 13.7 Å². The lowest BCUT2D eigenvalue weighted by atomic mass is 10.0. The SMILES string of the molecule is C=Cc1cc(OC)c(F)c(F)c1C(O)C(=O)OCC. The molecule has 1 atom stereocenters. The number of carbonyl (C=O) groups is 1. The lowest BCUT2D eigenvalue weighted by Crippen LogP contribution is -2.18. The number of methoxy groups -OCH3 is 1. The second-order valence-electron chi connectivity index (χ2n) is 3.57. The maximum Gasteiger partial charge on any atom is 0.339 e. The van der Waals surface area contributed by atoms with Crippen LogP contribution in [0.4, 0.5) is 8.78 Å². The van der Waals surface area contributed by atoms with E-state index >= 15 is 0 Å².